The van der Waals surface area contributed by atoms with Crippen LogP contribution in [-0.4, -0.2) is 53.8 Å². The molecule has 0 radical (unpaired) electrons. The minimum atomic E-state index is -0.637. The van der Waals surface area contributed by atoms with E-state index in [0.717, 1.165) is 5.69 Å². The molecule has 2 heterocycles. The maximum absolute atomic E-state index is 12.8. The van der Waals surface area contributed by atoms with Gasteiger partial charge in [0.05, 0.1) is 17.9 Å². The van der Waals surface area contributed by atoms with E-state index in [-0.39, 0.29) is 24.5 Å². The van der Waals surface area contributed by atoms with Crippen molar-refractivity contribution in [2.45, 2.75) is 38.5 Å². The van der Waals surface area contributed by atoms with E-state index in [2.05, 4.69) is 5.10 Å². The molecule has 24 heavy (non-hydrogen) atoms. The highest BCUT2D eigenvalue weighted by molar-refractivity contribution is 6.40. The molecule has 0 unspecified atom stereocenters. The number of carbonyl (C=O) groups is 2. The van der Waals surface area contributed by atoms with Crippen LogP contribution in [0.5, 0.6) is 0 Å². The van der Waals surface area contributed by atoms with E-state index in [9.17, 15) is 9.59 Å². The number of hydrogen-bond acceptors (Lipinski definition) is 5. The van der Waals surface area contributed by atoms with Crippen LogP contribution in [0.25, 0.3) is 0 Å². The molecule has 2 amide bonds. The molecule has 128 valence electrons. The molecule has 0 aromatic heterocycles. The normalized spacial score (nSPS) is 27.1. The minimum absolute atomic E-state index is 0.0168. The zero-order valence-electron chi connectivity index (χ0n) is 13.9. The third-order valence-corrected chi connectivity index (χ3v) is 4.21. The number of benzene rings is 1. The lowest BCUT2D eigenvalue weighted by atomic mass is 10.1. The van der Waals surface area contributed by atoms with Crippen molar-refractivity contribution in [1.82, 2.24) is 4.90 Å². The number of ether oxygens (including phenoxy) is 1. The van der Waals surface area contributed by atoms with E-state index >= 15 is 0 Å². The topological polar surface area (TPSA) is 88.2 Å². The molecule has 7 heteroatoms. The van der Waals surface area contributed by atoms with Gasteiger partial charge in [-0.1, -0.05) is 18.2 Å². The van der Waals surface area contributed by atoms with Crippen LogP contribution in [-0.2, 0) is 14.3 Å². The zero-order chi connectivity index (χ0) is 17.3. The van der Waals surface area contributed by atoms with Crippen LogP contribution in [0, 0.1) is 0 Å². The van der Waals surface area contributed by atoms with Crippen molar-refractivity contribution in [2.75, 3.05) is 18.1 Å². The number of hydrogen-bond donors (Lipinski definition) is 1. The molecule has 0 aliphatic carbocycles. The number of rotatable bonds is 3. The van der Waals surface area contributed by atoms with E-state index in [1.165, 1.54) is 0 Å². The van der Waals surface area contributed by atoms with Gasteiger partial charge < -0.3 is 15.4 Å². The molecular weight excluding hydrogens is 308 g/mol. The number of nitrogens with two attached hydrogens (primary N) is 1. The highest BCUT2D eigenvalue weighted by Crippen LogP contribution is 2.25. The zero-order valence-corrected chi connectivity index (χ0v) is 13.9. The van der Waals surface area contributed by atoms with Crippen LogP contribution < -0.4 is 10.7 Å². The lowest BCUT2D eigenvalue weighted by molar-refractivity contribution is -0.136. The Labute approximate surface area is 141 Å². The van der Waals surface area contributed by atoms with Crippen molar-refractivity contribution < 1.29 is 14.3 Å². The summed E-state index contributed by atoms with van der Waals surface area (Å²) in [5.74, 6) is -0.643. The molecule has 2 aliphatic rings. The van der Waals surface area contributed by atoms with E-state index in [1.807, 2.05) is 44.2 Å². The largest absolute Gasteiger partial charge is 0.372 e. The fourth-order valence-corrected chi connectivity index (χ4v) is 3.21. The number of hydrazone groups is 1. The average Bonchev–Trinajstić information content (AvgIpc) is 2.99. The quantitative estimate of drug-likeness (QED) is 0.885. The number of nitrogens with zero attached hydrogens (tertiary/aromatic N) is 3. The fourth-order valence-electron chi connectivity index (χ4n) is 3.21. The first-order valence-corrected chi connectivity index (χ1v) is 8.11. The number of para-hydroxylation sites is 1. The second kappa shape index (κ2) is 6.60. The van der Waals surface area contributed by atoms with Crippen molar-refractivity contribution in [3.05, 3.63) is 30.3 Å². The van der Waals surface area contributed by atoms with Crippen LogP contribution >= 0.6 is 0 Å². The van der Waals surface area contributed by atoms with Gasteiger partial charge in [-0.15, -0.1) is 0 Å². The lowest BCUT2D eigenvalue weighted by Crippen LogP contribution is -2.50. The van der Waals surface area contributed by atoms with Crippen molar-refractivity contribution in [2.24, 2.45) is 10.8 Å². The molecule has 2 N–H and O–H groups in total. The summed E-state index contributed by atoms with van der Waals surface area (Å²) in [5, 5.41) is 5.95. The molecule has 7 nitrogen and oxygen atoms in total. The summed E-state index contributed by atoms with van der Waals surface area (Å²) in [6, 6.07) is 8.63. The van der Waals surface area contributed by atoms with Crippen LogP contribution in [0.15, 0.2) is 35.4 Å². The Hall–Kier alpha value is -2.41. The second-order valence-corrected chi connectivity index (χ2v) is 6.32. The predicted molar refractivity (Wildman–Crippen MR) is 90.5 cm³/mol. The molecule has 1 aromatic carbocycles. The van der Waals surface area contributed by atoms with Crippen LogP contribution in [0.3, 0.4) is 0 Å². The Kier molecular flexibility index (Phi) is 4.53. The van der Waals surface area contributed by atoms with Gasteiger partial charge in [0.2, 0.25) is 5.91 Å². The number of morpholine rings is 1. The summed E-state index contributed by atoms with van der Waals surface area (Å²) in [4.78, 5) is 26.3. The third-order valence-electron chi connectivity index (χ3n) is 4.21. The maximum atomic E-state index is 12.8. The number of amides is 2. The molecule has 1 aromatic rings. The van der Waals surface area contributed by atoms with Crippen molar-refractivity contribution in [3.8, 4) is 0 Å². The van der Waals surface area contributed by atoms with Crippen LogP contribution in [0.1, 0.15) is 20.3 Å². The Bertz CT molecular complexity index is 651. The van der Waals surface area contributed by atoms with Gasteiger partial charge in [-0.3, -0.25) is 14.6 Å². The first kappa shape index (κ1) is 16.4. The molecular formula is C17H22N4O3. The summed E-state index contributed by atoms with van der Waals surface area (Å²) in [7, 11) is 0. The Morgan fingerprint density at radius 1 is 1.17 bits per heavy atom. The van der Waals surface area contributed by atoms with Crippen molar-refractivity contribution in [3.63, 3.8) is 0 Å². The number of carbonyl (C=O) groups excluding carboxylic acids is 2. The molecule has 3 rings (SSSR count). The monoisotopic (exact) mass is 330 g/mol. The Morgan fingerprint density at radius 2 is 1.79 bits per heavy atom. The molecule has 3 atom stereocenters. The third kappa shape index (κ3) is 3.26. The second-order valence-electron chi connectivity index (χ2n) is 6.32. The molecule has 1 saturated heterocycles. The molecule has 1 fully saturated rings. The first-order valence-electron chi connectivity index (χ1n) is 8.11. The van der Waals surface area contributed by atoms with Crippen LogP contribution in [0.2, 0.25) is 0 Å². The highest BCUT2D eigenvalue weighted by Gasteiger charge is 2.37. The van der Waals surface area contributed by atoms with Crippen molar-refractivity contribution >= 4 is 23.2 Å². The first-order chi connectivity index (χ1) is 11.5. The van der Waals surface area contributed by atoms with Gasteiger partial charge in [0.25, 0.3) is 5.91 Å². The van der Waals surface area contributed by atoms with Crippen LogP contribution in [0.4, 0.5) is 5.69 Å². The van der Waals surface area contributed by atoms with Gasteiger partial charge in [-0.2, -0.15) is 5.10 Å². The Morgan fingerprint density at radius 3 is 2.38 bits per heavy atom. The van der Waals surface area contributed by atoms with Gasteiger partial charge in [-0.05, 0) is 26.0 Å². The van der Waals surface area contributed by atoms with Gasteiger partial charge >= 0.3 is 0 Å². The summed E-state index contributed by atoms with van der Waals surface area (Å²) in [6.07, 6.45) is 0.192. The standard InChI is InChI=1S/C17H22N4O3/c1-11-9-20(10-12(2)24-11)17(23)14-8-15(16(18)22)21(19-14)13-6-4-3-5-7-13/h3-7,11-12,15H,8-10H2,1-2H3,(H2,18,22)/t11-,12-,15+/m1/s1. The smallest absolute Gasteiger partial charge is 0.270 e. The summed E-state index contributed by atoms with van der Waals surface area (Å²) in [6.45, 7) is 4.92. The summed E-state index contributed by atoms with van der Waals surface area (Å²) >= 11 is 0. The van der Waals surface area contributed by atoms with Gasteiger partial charge in [0.15, 0.2) is 0 Å². The van der Waals surface area contributed by atoms with Crippen molar-refractivity contribution in [1.29, 1.82) is 0 Å². The fraction of sp³-hybridized carbons (Fsp3) is 0.471. The Balaban J connectivity index is 1.83. The van der Waals surface area contributed by atoms with E-state index in [4.69, 9.17) is 10.5 Å². The van der Waals surface area contributed by atoms with Gasteiger partial charge in [-0.25, -0.2) is 0 Å². The summed E-state index contributed by atoms with van der Waals surface area (Å²) < 4.78 is 5.66. The lowest BCUT2D eigenvalue weighted by Gasteiger charge is -2.35. The van der Waals surface area contributed by atoms with Gasteiger partial charge in [0.1, 0.15) is 11.8 Å². The van der Waals surface area contributed by atoms with E-state index in [1.54, 1.807) is 9.91 Å². The molecule has 2 aliphatic heterocycles. The minimum Gasteiger partial charge on any atom is -0.372 e. The highest BCUT2D eigenvalue weighted by atomic mass is 16.5. The number of anilines is 1. The van der Waals surface area contributed by atoms with Gasteiger partial charge in [0, 0.05) is 19.5 Å². The predicted octanol–water partition coefficient (Wildman–Crippen LogP) is 0.742. The van der Waals surface area contributed by atoms with E-state index < -0.39 is 11.9 Å². The average molecular weight is 330 g/mol. The maximum Gasteiger partial charge on any atom is 0.270 e. The van der Waals surface area contributed by atoms with E-state index in [0.29, 0.717) is 18.8 Å². The summed E-state index contributed by atoms with van der Waals surface area (Å²) in [5.41, 5.74) is 6.62. The number of primary amides is 1. The molecule has 0 bridgehead atoms. The molecule has 0 saturated carbocycles. The molecule has 0 spiro atoms. The SMILES string of the molecule is C[C@@H]1CN(C(=O)C2=NN(c3ccccc3)[C@H](C(N)=O)C2)C[C@@H](C)O1.